The molecule has 28 heavy (non-hydrogen) atoms. The molecule has 1 unspecified atom stereocenters. The topological polar surface area (TPSA) is 66.5 Å². The number of amides is 1. The zero-order chi connectivity index (χ0) is 20.9. The Morgan fingerprint density at radius 3 is 2.07 bits per heavy atom. The van der Waals surface area contributed by atoms with Crippen LogP contribution in [-0.4, -0.2) is 27.4 Å². The normalized spacial score (nSPS) is 12.6. The van der Waals surface area contributed by atoms with Gasteiger partial charge in [0.25, 0.3) is 15.9 Å². The molecule has 1 atom stereocenters. The number of sulfonamides is 1. The van der Waals surface area contributed by atoms with Gasteiger partial charge >= 0.3 is 0 Å². The molecule has 0 aliphatic carbocycles. The highest BCUT2D eigenvalue weighted by Gasteiger charge is 2.21. The minimum atomic E-state index is -3.64. The monoisotopic (exact) mass is 402 g/mol. The summed E-state index contributed by atoms with van der Waals surface area (Å²) in [5.41, 5.74) is 2.02. The van der Waals surface area contributed by atoms with Crippen LogP contribution < -0.4 is 9.62 Å². The second-order valence-corrected chi connectivity index (χ2v) is 9.65. The maximum Gasteiger partial charge on any atom is 0.264 e. The van der Waals surface area contributed by atoms with Crippen LogP contribution >= 0.6 is 0 Å². The van der Waals surface area contributed by atoms with Crippen LogP contribution in [0.2, 0.25) is 0 Å². The van der Waals surface area contributed by atoms with Crippen LogP contribution in [0, 0.1) is 12.8 Å². The molecular formula is C22H30N2O3S. The number of hydrogen-bond acceptors (Lipinski definition) is 3. The van der Waals surface area contributed by atoms with Crippen LogP contribution in [0.15, 0.2) is 53.4 Å². The van der Waals surface area contributed by atoms with E-state index in [1.54, 1.807) is 48.5 Å². The highest BCUT2D eigenvalue weighted by molar-refractivity contribution is 7.92. The standard InChI is InChI=1S/C22H30N2O3S/c1-16(2)6-9-18(4)23-22(25)19-10-12-20(13-11-19)24(5)28(26,27)21-14-7-17(3)8-15-21/h7-8,10-16,18H,6,9H2,1-5H3,(H,23,25). The van der Waals surface area contributed by atoms with Crippen molar-refractivity contribution in [2.24, 2.45) is 5.92 Å². The van der Waals surface area contributed by atoms with Crippen molar-refractivity contribution in [1.82, 2.24) is 5.32 Å². The molecule has 1 N–H and O–H groups in total. The van der Waals surface area contributed by atoms with Gasteiger partial charge in [0.05, 0.1) is 10.6 Å². The van der Waals surface area contributed by atoms with E-state index in [0.29, 0.717) is 17.2 Å². The molecule has 1 amide bonds. The third-order valence-electron chi connectivity index (χ3n) is 4.73. The summed E-state index contributed by atoms with van der Waals surface area (Å²) >= 11 is 0. The Bertz CT molecular complexity index is 888. The first-order chi connectivity index (χ1) is 13.1. The number of nitrogens with one attached hydrogen (secondary N) is 1. The van der Waals surface area contributed by atoms with E-state index in [1.807, 2.05) is 13.8 Å². The minimum Gasteiger partial charge on any atom is -0.350 e. The molecule has 2 aromatic rings. The second kappa shape index (κ2) is 9.24. The van der Waals surface area contributed by atoms with Gasteiger partial charge in [-0.2, -0.15) is 0 Å². The quantitative estimate of drug-likeness (QED) is 0.713. The molecule has 152 valence electrons. The van der Waals surface area contributed by atoms with Crippen LogP contribution in [-0.2, 0) is 10.0 Å². The molecule has 0 spiro atoms. The number of carbonyl (C=O) groups excluding carboxylic acids is 1. The molecule has 0 bridgehead atoms. The highest BCUT2D eigenvalue weighted by atomic mass is 32.2. The van der Waals surface area contributed by atoms with Gasteiger partial charge in [-0.3, -0.25) is 9.10 Å². The van der Waals surface area contributed by atoms with Gasteiger partial charge in [-0.25, -0.2) is 8.42 Å². The Morgan fingerprint density at radius 1 is 0.964 bits per heavy atom. The molecule has 2 aromatic carbocycles. The van der Waals surface area contributed by atoms with Gasteiger partial charge in [-0.1, -0.05) is 31.5 Å². The van der Waals surface area contributed by atoms with Crippen molar-refractivity contribution in [3.05, 3.63) is 59.7 Å². The lowest BCUT2D eigenvalue weighted by Crippen LogP contribution is -2.32. The van der Waals surface area contributed by atoms with E-state index in [2.05, 4.69) is 19.2 Å². The lowest BCUT2D eigenvalue weighted by atomic mass is 10.0. The molecule has 2 rings (SSSR count). The Morgan fingerprint density at radius 2 is 1.54 bits per heavy atom. The fraction of sp³-hybridized carbons (Fsp3) is 0.409. The highest BCUT2D eigenvalue weighted by Crippen LogP contribution is 2.22. The lowest BCUT2D eigenvalue weighted by Gasteiger charge is -2.20. The number of carbonyl (C=O) groups is 1. The van der Waals surface area contributed by atoms with Gasteiger partial charge in [0.1, 0.15) is 0 Å². The van der Waals surface area contributed by atoms with Gasteiger partial charge < -0.3 is 5.32 Å². The van der Waals surface area contributed by atoms with Crippen molar-refractivity contribution in [3.63, 3.8) is 0 Å². The van der Waals surface area contributed by atoms with Crippen LogP contribution in [0.4, 0.5) is 5.69 Å². The van der Waals surface area contributed by atoms with E-state index in [9.17, 15) is 13.2 Å². The van der Waals surface area contributed by atoms with Crippen molar-refractivity contribution < 1.29 is 13.2 Å². The molecular weight excluding hydrogens is 372 g/mol. The fourth-order valence-electron chi connectivity index (χ4n) is 2.79. The van der Waals surface area contributed by atoms with Crippen molar-refractivity contribution >= 4 is 21.6 Å². The van der Waals surface area contributed by atoms with Gasteiger partial charge in [0.2, 0.25) is 0 Å². The van der Waals surface area contributed by atoms with Crippen LogP contribution in [0.25, 0.3) is 0 Å². The number of aryl methyl sites for hydroxylation is 1. The lowest BCUT2D eigenvalue weighted by molar-refractivity contribution is 0.0937. The molecule has 0 radical (unpaired) electrons. The summed E-state index contributed by atoms with van der Waals surface area (Å²) in [5, 5.41) is 2.99. The Labute approximate surface area is 168 Å². The average Bonchev–Trinajstić information content (AvgIpc) is 2.66. The number of rotatable bonds is 8. The first-order valence-corrected chi connectivity index (χ1v) is 11.0. The summed E-state index contributed by atoms with van der Waals surface area (Å²) in [4.78, 5) is 12.6. The summed E-state index contributed by atoms with van der Waals surface area (Å²) < 4.78 is 26.8. The molecule has 5 nitrogen and oxygen atoms in total. The number of anilines is 1. The van der Waals surface area contributed by atoms with Crippen molar-refractivity contribution in [2.45, 2.75) is 51.5 Å². The van der Waals surface area contributed by atoms with E-state index < -0.39 is 10.0 Å². The van der Waals surface area contributed by atoms with Crippen molar-refractivity contribution in [3.8, 4) is 0 Å². The summed E-state index contributed by atoms with van der Waals surface area (Å²) in [6.45, 7) is 8.23. The maximum absolute atomic E-state index is 12.8. The van der Waals surface area contributed by atoms with E-state index in [4.69, 9.17) is 0 Å². The van der Waals surface area contributed by atoms with E-state index in [0.717, 1.165) is 18.4 Å². The Balaban J connectivity index is 2.08. The van der Waals surface area contributed by atoms with Crippen LogP contribution in [0.3, 0.4) is 0 Å². The minimum absolute atomic E-state index is 0.0964. The van der Waals surface area contributed by atoms with E-state index in [-0.39, 0.29) is 16.8 Å². The fourth-order valence-corrected chi connectivity index (χ4v) is 3.99. The van der Waals surface area contributed by atoms with Gasteiger partial charge in [0, 0.05) is 18.7 Å². The SMILES string of the molecule is Cc1ccc(S(=O)(=O)N(C)c2ccc(C(=O)NC(C)CCC(C)C)cc2)cc1. The van der Waals surface area contributed by atoms with Crippen LogP contribution in [0.5, 0.6) is 0 Å². The van der Waals surface area contributed by atoms with Crippen LogP contribution in [0.1, 0.15) is 49.5 Å². The number of nitrogens with zero attached hydrogens (tertiary/aromatic N) is 1. The molecule has 0 heterocycles. The number of hydrogen-bond donors (Lipinski definition) is 1. The Kier molecular flexibility index (Phi) is 7.24. The predicted molar refractivity (Wildman–Crippen MR) is 114 cm³/mol. The molecule has 6 heteroatoms. The van der Waals surface area contributed by atoms with Gasteiger partial charge in [-0.05, 0) is 69.0 Å². The molecule has 0 saturated carbocycles. The van der Waals surface area contributed by atoms with E-state index >= 15 is 0 Å². The first kappa shape index (κ1) is 22.0. The molecule has 0 aliphatic heterocycles. The van der Waals surface area contributed by atoms with Crippen molar-refractivity contribution in [2.75, 3.05) is 11.4 Å². The summed E-state index contributed by atoms with van der Waals surface area (Å²) in [5.74, 6) is 0.455. The second-order valence-electron chi connectivity index (χ2n) is 7.68. The molecule has 0 aliphatic rings. The third-order valence-corrected chi connectivity index (χ3v) is 6.53. The molecule has 0 saturated heterocycles. The summed E-state index contributed by atoms with van der Waals surface area (Å²) in [6.07, 6.45) is 1.99. The average molecular weight is 403 g/mol. The number of benzene rings is 2. The van der Waals surface area contributed by atoms with Crippen molar-refractivity contribution in [1.29, 1.82) is 0 Å². The zero-order valence-electron chi connectivity index (χ0n) is 17.3. The van der Waals surface area contributed by atoms with Gasteiger partial charge in [0.15, 0.2) is 0 Å². The first-order valence-electron chi connectivity index (χ1n) is 9.57. The van der Waals surface area contributed by atoms with E-state index in [1.165, 1.54) is 11.4 Å². The zero-order valence-corrected chi connectivity index (χ0v) is 18.1. The summed E-state index contributed by atoms with van der Waals surface area (Å²) in [7, 11) is -2.13. The molecule has 0 fully saturated rings. The summed E-state index contributed by atoms with van der Waals surface area (Å²) in [6, 6.07) is 13.5. The van der Waals surface area contributed by atoms with Gasteiger partial charge in [-0.15, -0.1) is 0 Å². The predicted octanol–water partition coefficient (Wildman–Crippen LogP) is 4.37. The molecule has 0 aromatic heterocycles. The smallest absolute Gasteiger partial charge is 0.264 e. The third kappa shape index (κ3) is 5.58. The maximum atomic E-state index is 12.8. The Hall–Kier alpha value is -2.34. The largest absolute Gasteiger partial charge is 0.350 e.